The smallest absolute Gasteiger partial charge is 0.257 e. The van der Waals surface area contributed by atoms with Crippen molar-refractivity contribution >= 4 is 35.1 Å². The summed E-state index contributed by atoms with van der Waals surface area (Å²) >= 11 is 0. The molecule has 222 valence electrons. The highest BCUT2D eigenvalue weighted by Gasteiger charge is 2.25. The van der Waals surface area contributed by atoms with Gasteiger partial charge in [-0.25, -0.2) is 8.91 Å². The molecule has 5 N–H and O–H groups in total. The summed E-state index contributed by atoms with van der Waals surface area (Å²) in [6.45, 7) is 0.431. The van der Waals surface area contributed by atoms with Gasteiger partial charge in [0.1, 0.15) is 24.2 Å². The Kier molecular flexibility index (Phi) is 10.0. The number of carbonyl (C=O) groups is 5. The van der Waals surface area contributed by atoms with Gasteiger partial charge in [0, 0.05) is 38.7 Å². The maximum atomic E-state index is 14.0. The van der Waals surface area contributed by atoms with E-state index in [2.05, 4.69) is 21.0 Å². The van der Waals surface area contributed by atoms with Gasteiger partial charge in [0.05, 0.1) is 29.4 Å². The molecule has 0 aliphatic carbocycles. The van der Waals surface area contributed by atoms with Gasteiger partial charge >= 0.3 is 0 Å². The summed E-state index contributed by atoms with van der Waals surface area (Å²) in [5.74, 6) is -3.32. The number of primary amides is 1. The van der Waals surface area contributed by atoms with Gasteiger partial charge in [-0.05, 0) is 43.2 Å². The summed E-state index contributed by atoms with van der Waals surface area (Å²) in [7, 11) is 0. The second-order valence-electron chi connectivity index (χ2n) is 9.65. The molecular formula is C28H32FN7O6. The number of hydrogen-bond donors (Lipinski definition) is 4. The van der Waals surface area contributed by atoms with E-state index in [1.165, 1.54) is 17.2 Å². The molecule has 1 aromatic carbocycles. The lowest BCUT2D eigenvalue weighted by molar-refractivity contribution is -0.123. The Labute approximate surface area is 240 Å². The van der Waals surface area contributed by atoms with E-state index < -0.39 is 29.6 Å². The second kappa shape index (κ2) is 14.1. The second-order valence-corrected chi connectivity index (χ2v) is 9.65. The number of nitrogens with one attached hydrogen (secondary N) is 3. The monoisotopic (exact) mass is 581 g/mol. The number of pyridine rings is 1. The molecule has 0 saturated carbocycles. The minimum atomic E-state index is -1.18. The van der Waals surface area contributed by atoms with Crippen LogP contribution in [0.15, 0.2) is 48.8 Å². The zero-order chi connectivity index (χ0) is 30.1. The van der Waals surface area contributed by atoms with Crippen molar-refractivity contribution < 1.29 is 33.1 Å². The molecule has 3 heterocycles. The molecule has 14 heteroatoms. The van der Waals surface area contributed by atoms with Gasteiger partial charge in [0.15, 0.2) is 0 Å². The maximum absolute atomic E-state index is 14.0. The third-order valence-corrected chi connectivity index (χ3v) is 6.63. The van der Waals surface area contributed by atoms with Crippen LogP contribution in [-0.2, 0) is 14.4 Å². The SMILES string of the molecule is NC(=O)CC[C@@H]1NC(=O)c2cc(F)ccc2OCCNC(=O)CCCN(C(=O)c2cnn3ccccc23)CCNC1=O. The van der Waals surface area contributed by atoms with E-state index in [-0.39, 0.29) is 75.2 Å². The van der Waals surface area contributed by atoms with Crippen LogP contribution in [0, 0.1) is 5.82 Å². The molecular weight excluding hydrogens is 549 g/mol. The van der Waals surface area contributed by atoms with Crippen LogP contribution in [-0.4, -0.2) is 82.9 Å². The Balaban J connectivity index is 1.55. The van der Waals surface area contributed by atoms with E-state index in [9.17, 15) is 28.4 Å². The zero-order valence-electron chi connectivity index (χ0n) is 22.8. The number of amides is 5. The first kappa shape index (κ1) is 30.0. The van der Waals surface area contributed by atoms with Crippen molar-refractivity contribution in [3.8, 4) is 5.75 Å². The van der Waals surface area contributed by atoms with Gasteiger partial charge in [-0.15, -0.1) is 0 Å². The van der Waals surface area contributed by atoms with Crippen molar-refractivity contribution in [1.29, 1.82) is 0 Å². The Morgan fingerprint density at radius 3 is 2.74 bits per heavy atom. The minimum absolute atomic E-state index is 0.00719. The van der Waals surface area contributed by atoms with E-state index in [1.807, 2.05) is 0 Å². The predicted octanol–water partition coefficient (Wildman–Crippen LogP) is 0.385. The molecule has 13 nitrogen and oxygen atoms in total. The van der Waals surface area contributed by atoms with Gasteiger partial charge in [0.25, 0.3) is 11.8 Å². The molecule has 1 aliphatic heterocycles. The van der Waals surface area contributed by atoms with Crippen molar-refractivity contribution in [1.82, 2.24) is 30.5 Å². The molecule has 0 unspecified atom stereocenters. The van der Waals surface area contributed by atoms with Gasteiger partial charge in [0.2, 0.25) is 17.7 Å². The average Bonchev–Trinajstić information content (AvgIpc) is 3.40. The number of fused-ring (bicyclic) bond motifs is 2. The Hall–Kier alpha value is -5.01. The summed E-state index contributed by atoms with van der Waals surface area (Å²) in [6.07, 6.45) is 3.37. The summed E-state index contributed by atoms with van der Waals surface area (Å²) in [4.78, 5) is 65.1. The molecule has 0 saturated heterocycles. The maximum Gasteiger partial charge on any atom is 0.257 e. The van der Waals surface area contributed by atoms with Gasteiger partial charge in [-0.1, -0.05) is 6.07 Å². The fourth-order valence-corrected chi connectivity index (χ4v) is 4.49. The summed E-state index contributed by atoms with van der Waals surface area (Å²) < 4.78 is 21.2. The van der Waals surface area contributed by atoms with E-state index in [0.29, 0.717) is 17.5 Å². The molecule has 42 heavy (non-hydrogen) atoms. The molecule has 1 aliphatic rings. The van der Waals surface area contributed by atoms with Crippen molar-refractivity contribution in [3.05, 3.63) is 65.7 Å². The highest BCUT2D eigenvalue weighted by Crippen LogP contribution is 2.20. The van der Waals surface area contributed by atoms with Gasteiger partial charge < -0.3 is 31.3 Å². The first-order valence-electron chi connectivity index (χ1n) is 13.5. The number of nitrogens with zero attached hydrogens (tertiary/aromatic N) is 3. The number of aromatic nitrogens is 2. The fraction of sp³-hybridized carbons (Fsp3) is 0.357. The molecule has 5 amide bonds. The normalized spacial score (nSPS) is 17.6. The molecule has 3 aromatic rings. The topological polar surface area (TPSA) is 177 Å². The van der Waals surface area contributed by atoms with Crippen LogP contribution >= 0.6 is 0 Å². The number of ether oxygens (including phenoxy) is 1. The number of rotatable bonds is 4. The largest absolute Gasteiger partial charge is 0.491 e. The Morgan fingerprint density at radius 2 is 1.93 bits per heavy atom. The number of halogens is 1. The van der Waals surface area contributed by atoms with Crippen molar-refractivity contribution in [2.24, 2.45) is 5.73 Å². The number of hydrogen-bond acceptors (Lipinski definition) is 7. The molecule has 0 fully saturated rings. The molecule has 1 atom stereocenters. The van der Waals surface area contributed by atoms with Crippen LogP contribution in [0.1, 0.15) is 46.4 Å². The van der Waals surface area contributed by atoms with Crippen molar-refractivity contribution in [3.63, 3.8) is 0 Å². The molecule has 0 radical (unpaired) electrons. The lowest BCUT2D eigenvalue weighted by Crippen LogP contribution is -2.49. The third-order valence-electron chi connectivity index (χ3n) is 6.63. The van der Waals surface area contributed by atoms with Crippen LogP contribution in [0.25, 0.3) is 5.52 Å². The van der Waals surface area contributed by atoms with E-state index in [1.54, 1.807) is 28.9 Å². The number of carbonyl (C=O) groups excluding carboxylic acids is 5. The molecule has 4 rings (SSSR count). The summed E-state index contributed by atoms with van der Waals surface area (Å²) in [5.41, 5.74) is 6.08. The predicted molar refractivity (Wildman–Crippen MR) is 148 cm³/mol. The van der Waals surface area contributed by atoms with Gasteiger partial charge in [-0.2, -0.15) is 5.10 Å². The van der Waals surface area contributed by atoms with Crippen LogP contribution < -0.4 is 26.4 Å². The third kappa shape index (κ3) is 7.80. The minimum Gasteiger partial charge on any atom is -0.491 e. The molecule has 0 bridgehead atoms. The average molecular weight is 582 g/mol. The van der Waals surface area contributed by atoms with Crippen LogP contribution in [0.5, 0.6) is 5.75 Å². The molecule has 0 spiro atoms. The van der Waals surface area contributed by atoms with E-state index in [0.717, 1.165) is 12.1 Å². The van der Waals surface area contributed by atoms with Gasteiger partial charge in [-0.3, -0.25) is 24.0 Å². The van der Waals surface area contributed by atoms with Crippen LogP contribution in [0.2, 0.25) is 0 Å². The first-order chi connectivity index (χ1) is 20.2. The van der Waals surface area contributed by atoms with E-state index >= 15 is 0 Å². The summed E-state index contributed by atoms with van der Waals surface area (Å²) in [5, 5.41) is 12.1. The summed E-state index contributed by atoms with van der Waals surface area (Å²) in [6, 6.07) is 7.51. The number of benzene rings is 1. The standard InChI is InChI=1S/C28H32FN7O6/c29-18-6-8-23-19(16-18)26(39)34-21(7-9-24(30)37)27(40)32-10-14-35(12-3-5-25(38)31-11-15-42-23)28(41)20-17-33-36-13-2-1-4-22(20)36/h1-2,4,6,8,13,16-17,21H,3,5,7,9-12,14-15H2,(H2,30,37)(H,31,38)(H,32,40)(H,34,39)/t21-/m0/s1. The quantitative estimate of drug-likeness (QED) is 0.344. The first-order valence-corrected chi connectivity index (χ1v) is 13.5. The van der Waals surface area contributed by atoms with Crippen LogP contribution in [0.3, 0.4) is 0 Å². The molecule has 2 aromatic heterocycles. The van der Waals surface area contributed by atoms with Crippen molar-refractivity contribution in [2.45, 2.75) is 31.7 Å². The highest BCUT2D eigenvalue weighted by molar-refractivity contribution is 6.01. The zero-order valence-corrected chi connectivity index (χ0v) is 22.8. The lowest BCUT2D eigenvalue weighted by Gasteiger charge is -2.24. The fourth-order valence-electron chi connectivity index (χ4n) is 4.49. The van der Waals surface area contributed by atoms with E-state index in [4.69, 9.17) is 10.5 Å². The number of nitrogens with two attached hydrogens (primary N) is 1. The lowest BCUT2D eigenvalue weighted by atomic mass is 10.1. The van der Waals surface area contributed by atoms with Crippen LogP contribution in [0.4, 0.5) is 4.39 Å². The Bertz CT molecular complexity index is 1480. The van der Waals surface area contributed by atoms with Crippen molar-refractivity contribution in [2.75, 3.05) is 32.8 Å². The Morgan fingerprint density at radius 1 is 1.10 bits per heavy atom. The highest BCUT2D eigenvalue weighted by atomic mass is 19.1.